The molecule has 146 valence electrons. The van der Waals surface area contributed by atoms with Crippen LogP contribution in [0.5, 0.6) is 0 Å². The third kappa shape index (κ3) is 3.62. The molecule has 1 aliphatic rings. The zero-order valence-corrected chi connectivity index (χ0v) is 16.2. The van der Waals surface area contributed by atoms with Gasteiger partial charge in [0.15, 0.2) is 0 Å². The predicted molar refractivity (Wildman–Crippen MR) is 106 cm³/mol. The Kier molecular flexibility index (Phi) is 4.85. The van der Waals surface area contributed by atoms with Gasteiger partial charge in [0.25, 0.3) is 5.91 Å². The lowest BCUT2D eigenvalue weighted by molar-refractivity contribution is 0.0953. The fourth-order valence-electron chi connectivity index (χ4n) is 3.65. The number of aromatic nitrogens is 5. The van der Waals surface area contributed by atoms with Gasteiger partial charge < -0.3 is 15.2 Å². The fraction of sp³-hybridized carbons (Fsp3) is 0.400. The Balaban J connectivity index is 1.46. The molecule has 4 rings (SSSR count). The number of hydrogen-bond acceptors (Lipinski definition) is 5. The van der Waals surface area contributed by atoms with Gasteiger partial charge in [0.05, 0.1) is 29.8 Å². The Morgan fingerprint density at radius 2 is 2.25 bits per heavy atom. The summed E-state index contributed by atoms with van der Waals surface area (Å²) < 4.78 is 3.91. The molecule has 28 heavy (non-hydrogen) atoms. The average Bonchev–Trinajstić information content (AvgIpc) is 3.35. The van der Waals surface area contributed by atoms with Crippen LogP contribution in [0, 0.1) is 0 Å². The van der Waals surface area contributed by atoms with Crippen molar-refractivity contribution in [3.8, 4) is 0 Å². The van der Waals surface area contributed by atoms with Crippen LogP contribution in [-0.4, -0.2) is 36.8 Å². The van der Waals surface area contributed by atoms with Crippen LogP contribution < -0.4 is 10.6 Å². The Bertz CT molecular complexity index is 931. The molecule has 3 aromatic rings. The van der Waals surface area contributed by atoms with E-state index in [2.05, 4.69) is 39.5 Å². The highest BCUT2D eigenvalue weighted by Gasteiger charge is 2.37. The quantitative estimate of drug-likeness (QED) is 0.643. The van der Waals surface area contributed by atoms with Gasteiger partial charge >= 0.3 is 0 Å². The molecule has 2 N–H and O–H groups in total. The molecule has 1 aliphatic heterocycles. The number of amides is 1. The van der Waals surface area contributed by atoms with E-state index in [4.69, 9.17) is 0 Å². The lowest BCUT2D eigenvalue weighted by Gasteiger charge is -2.37. The minimum absolute atomic E-state index is 0.0354. The van der Waals surface area contributed by atoms with E-state index < -0.39 is 0 Å². The van der Waals surface area contributed by atoms with Gasteiger partial charge in [-0.25, -0.2) is 9.67 Å². The van der Waals surface area contributed by atoms with Crippen LogP contribution in [0.4, 0.5) is 5.82 Å². The summed E-state index contributed by atoms with van der Waals surface area (Å²) in [5.41, 5.74) is 1.31. The molecule has 0 fully saturated rings. The maximum atomic E-state index is 12.8. The molecule has 1 unspecified atom stereocenters. The second-order valence-electron chi connectivity index (χ2n) is 7.70. The highest BCUT2D eigenvalue weighted by atomic mass is 16.1. The summed E-state index contributed by atoms with van der Waals surface area (Å²) >= 11 is 0. The van der Waals surface area contributed by atoms with Crippen molar-refractivity contribution in [3.63, 3.8) is 0 Å². The number of aryl methyl sites for hydroxylation is 1. The summed E-state index contributed by atoms with van der Waals surface area (Å²) in [4.78, 5) is 21.3. The highest BCUT2D eigenvalue weighted by molar-refractivity contribution is 5.98. The molecule has 8 nitrogen and oxygen atoms in total. The molecular formula is C20H25N7O. The molecule has 3 aromatic heterocycles. The number of fused-ring (bicyclic) bond motifs is 1. The monoisotopic (exact) mass is 379 g/mol. The van der Waals surface area contributed by atoms with E-state index in [1.807, 2.05) is 33.6 Å². The normalized spacial score (nSPS) is 17.6. The van der Waals surface area contributed by atoms with Crippen LogP contribution in [0.15, 0.2) is 49.3 Å². The van der Waals surface area contributed by atoms with Gasteiger partial charge in [-0.3, -0.25) is 9.78 Å². The first-order valence-corrected chi connectivity index (χ1v) is 9.54. The number of rotatable bonds is 6. The minimum Gasteiger partial charge on any atom is -0.361 e. The number of carbonyl (C=O) groups is 1. The van der Waals surface area contributed by atoms with Gasteiger partial charge in [-0.15, -0.1) is 0 Å². The van der Waals surface area contributed by atoms with Crippen LogP contribution in [0.2, 0.25) is 0 Å². The number of nitrogens with zero attached hydrogens (tertiary/aromatic N) is 5. The number of pyridine rings is 1. The van der Waals surface area contributed by atoms with Gasteiger partial charge in [0.2, 0.25) is 0 Å². The van der Waals surface area contributed by atoms with E-state index in [1.165, 1.54) is 0 Å². The third-order valence-corrected chi connectivity index (χ3v) is 5.08. The van der Waals surface area contributed by atoms with E-state index in [-0.39, 0.29) is 17.5 Å². The van der Waals surface area contributed by atoms with Crippen molar-refractivity contribution < 1.29 is 4.79 Å². The van der Waals surface area contributed by atoms with Crippen molar-refractivity contribution in [3.05, 3.63) is 60.6 Å². The molecule has 8 heteroatoms. The molecule has 1 amide bonds. The minimum atomic E-state index is -0.220. The molecule has 0 radical (unpaired) electrons. The van der Waals surface area contributed by atoms with Crippen molar-refractivity contribution in [1.29, 1.82) is 0 Å². The first-order chi connectivity index (χ1) is 13.5. The Morgan fingerprint density at radius 3 is 3.00 bits per heavy atom. The number of imidazole rings is 1. The van der Waals surface area contributed by atoms with Gasteiger partial charge in [-0.2, -0.15) is 5.10 Å². The number of anilines is 1. The Labute approximate surface area is 164 Å². The lowest BCUT2D eigenvalue weighted by atomic mass is 9.91. The maximum absolute atomic E-state index is 12.8. The molecule has 0 saturated heterocycles. The fourth-order valence-corrected chi connectivity index (χ4v) is 3.65. The van der Waals surface area contributed by atoms with Crippen LogP contribution >= 0.6 is 0 Å². The van der Waals surface area contributed by atoms with Crippen LogP contribution in [0.3, 0.4) is 0 Å². The van der Waals surface area contributed by atoms with Gasteiger partial charge in [0, 0.05) is 31.7 Å². The van der Waals surface area contributed by atoms with Crippen molar-refractivity contribution in [2.24, 2.45) is 0 Å². The van der Waals surface area contributed by atoms with E-state index in [1.54, 1.807) is 24.9 Å². The zero-order chi connectivity index (χ0) is 19.6. The average molecular weight is 379 g/mol. The molecule has 4 heterocycles. The molecular weight excluding hydrogens is 354 g/mol. The summed E-state index contributed by atoms with van der Waals surface area (Å²) in [5.74, 6) is 0.635. The van der Waals surface area contributed by atoms with Crippen molar-refractivity contribution in [2.75, 3.05) is 11.9 Å². The smallest absolute Gasteiger partial charge is 0.256 e. The van der Waals surface area contributed by atoms with E-state index in [0.717, 1.165) is 30.9 Å². The van der Waals surface area contributed by atoms with E-state index in [9.17, 15) is 4.79 Å². The van der Waals surface area contributed by atoms with Crippen molar-refractivity contribution in [2.45, 2.75) is 44.8 Å². The predicted octanol–water partition coefficient (Wildman–Crippen LogP) is 2.59. The molecule has 0 aromatic carbocycles. The lowest BCUT2D eigenvalue weighted by Crippen LogP contribution is -2.38. The molecule has 0 bridgehead atoms. The largest absolute Gasteiger partial charge is 0.361 e. The second kappa shape index (κ2) is 7.46. The molecule has 0 spiro atoms. The summed E-state index contributed by atoms with van der Waals surface area (Å²) in [6.07, 6.45) is 10.6. The highest BCUT2D eigenvalue weighted by Crippen LogP contribution is 2.39. The molecule has 0 saturated carbocycles. The third-order valence-electron chi connectivity index (χ3n) is 5.08. The molecule has 0 aliphatic carbocycles. The van der Waals surface area contributed by atoms with Gasteiger partial charge in [0.1, 0.15) is 11.4 Å². The van der Waals surface area contributed by atoms with Crippen LogP contribution in [0.25, 0.3) is 0 Å². The number of carbonyl (C=O) groups excluding carboxylic acids is 1. The number of hydrogen-bond donors (Lipinski definition) is 2. The topological polar surface area (TPSA) is 89.7 Å². The summed E-state index contributed by atoms with van der Waals surface area (Å²) in [7, 11) is 0. The Hall–Kier alpha value is -3.16. The zero-order valence-electron chi connectivity index (χ0n) is 16.2. The summed E-state index contributed by atoms with van der Waals surface area (Å²) in [6, 6.07) is 5.93. The second-order valence-corrected chi connectivity index (χ2v) is 7.70. The van der Waals surface area contributed by atoms with Crippen molar-refractivity contribution in [1.82, 2.24) is 29.6 Å². The van der Waals surface area contributed by atoms with E-state index >= 15 is 0 Å². The van der Waals surface area contributed by atoms with Crippen LogP contribution in [0.1, 0.15) is 48.8 Å². The molecule has 1 atom stereocenters. The number of nitrogens with one attached hydrogen (secondary N) is 2. The summed E-state index contributed by atoms with van der Waals surface area (Å²) in [5, 5.41) is 11.0. The maximum Gasteiger partial charge on any atom is 0.256 e. The first kappa shape index (κ1) is 18.2. The SMILES string of the molecule is CC1(C)CC(c2ccccn2)Nc2c(C(=O)NCCCn3ccnc3)cnn21. The van der Waals surface area contributed by atoms with Gasteiger partial charge in [-0.05, 0) is 38.8 Å². The van der Waals surface area contributed by atoms with E-state index in [0.29, 0.717) is 12.1 Å². The summed E-state index contributed by atoms with van der Waals surface area (Å²) in [6.45, 7) is 5.67. The standard InChI is InChI=1S/C20H25N7O/c1-20(2)12-17(16-6-3-4-7-22-16)25-18-15(13-24-27(18)20)19(28)23-8-5-10-26-11-9-21-14-26/h3-4,6-7,9,11,13-14,17,25H,5,8,10,12H2,1-2H3,(H,23,28). The van der Waals surface area contributed by atoms with Gasteiger partial charge in [-0.1, -0.05) is 6.07 Å². The van der Waals surface area contributed by atoms with Crippen LogP contribution in [-0.2, 0) is 12.1 Å². The van der Waals surface area contributed by atoms with Crippen molar-refractivity contribution >= 4 is 11.7 Å². The Morgan fingerprint density at radius 1 is 1.36 bits per heavy atom. The first-order valence-electron chi connectivity index (χ1n) is 9.54.